The molecule has 1 heterocycles. The molecule has 1 N–H and O–H groups in total. The van der Waals surface area contributed by atoms with Crippen molar-refractivity contribution in [3.8, 4) is 5.75 Å². The van der Waals surface area contributed by atoms with Gasteiger partial charge >= 0.3 is 0 Å². The Hall–Kier alpha value is -1.55. The Morgan fingerprint density at radius 1 is 1.27 bits per heavy atom. The average molecular weight is 304 g/mol. The van der Waals surface area contributed by atoms with Gasteiger partial charge in [0.25, 0.3) is 5.91 Å². The van der Waals surface area contributed by atoms with Gasteiger partial charge in [-0.15, -0.1) is 0 Å². The van der Waals surface area contributed by atoms with Crippen LogP contribution in [0.3, 0.4) is 0 Å². The summed E-state index contributed by atoms with van der Waals surface area (Å²) in [6.45, 7) is 8.78. The molecule has 0 unspecified atom stereocenters. The van der Waals surface area contributed by atoms with Gasteiger partial charge in [0.15, 0.2) is 0 Å². The van der Waals surface area contributed by atoms with Gasteiger partial charge in [-0.3, -0.25) is 4.79 Å². The maximum atomic E-state index is 12.2. The minimum Gasteiger partial charge on any atom is -0.496 e. The molecule has 0 radical (unpaired) electrons. The van der Waals surface area contributed by atoms with E-state index in [2.05, 4.69) is 24.1 Å². The van der Waals surface area contributed by atoms with Crippen LogP contribution in [0.2, 0.25) is 0 Å². The molecule has 0 saturated carbocycles. The van der Waals surface area contributed by atoms with Crippen molar-refractivity contribution in [2.75, 3.05) is 33.3 Å². The van der Waals surface area contributed by atoms with Crippen LogP contribution < -0.4 is 10.1 Å². The third-order valence-corrected chi connectivity index (χ3v) is 4.23. The Morgan fingerprint density at radius 3 is 2.64 bits per heavy atom. The van der Waals surface area contributed by atoms with Gasteiger partial charge in [0.05, 0.1) is 12.7 Å². The monoisotopic (exact) mass is 304 g/mol. The summed E-state index contributed by atoms with van der Waals surface area (Å²) in [6.07, 6.45) is 2.32. The Kier molecular flexibility index (Phi) is 6.25. The molecule has 1 aliphatic rings. The second-order valence-electron chi connectivity index (χ2n) is 6.52. The molecule has 0 spiro atoms. The number of hydrogen-bond acceptors (Lipinski definition) is 3. The van der Waals surface area contributed by atoms with Crippen LogP contribution in [-0.4, -0.2) is 44.1 Å². The van der Waals surface area contributed by atoms with Crippen LogP contribution in [0.25, 0.3) is 0 Å². The standard InChI is InChI=1S/C18H28N2O2/c1-14-11-15(2)13-20(12-14)10-6-9-19-18(21)16-7-4-5-8-17(16)22-3/h4-5,7-8,14-15H,6,9-13H2,1-3H3,(H,19,21)/t14-,15-/m0/s1. The van der Waals surface area contributed by atoms with Crippen molar-refractivity contribution in [1.82, 2.24) is 10.2 Å². The van der Waals surface area contributed by atoms with E-state index in [9.17, 15) is 4.79 Å². The first-order chi connectivity index (χ1) is 10.6. The van der Waals surface area contributed by atoms with Gasteiger partial charge in [0.1, 0.15) is 5.75 Å². The molecule has 1 saturated heterocycles. The molecule has 122 valence electrons. The van der Waals surface area contributed by atoms with Gasteiger partial charge in [-0.05, 0) is 43.4 Å². The molecular weight excluding hydrogens is 276 g/mol. The highest BCUT2D eigenvalue weighted by molar-refractivity contribution is 5.96. The molecular formula is C18H28N2O2. The second-order valence-corrected chi connectivity index (χ2v) is 6.52. The minimum absolute atomic E-state index is 0.0576. The molecule has 0 bridgehead atoms. The number of rotatable bonds is 6. The lowest BCUT2D eigenvalue weighted by molar-refractivity contribution is 0.0944. The van der Waals surface area contributed by atoms with Crippen LogP contribution in [0.5, 0.6) is 5.75 Å². The summed E-state index contributed by atoms with van der Waals surface area (Å²) < 4.78 is 5.22. The summed E-state index contributed by atoms with van der Waals surface area (Å²) in [4.78, 5) is 14.7. The lowest BCUT2D eigenvalue weighted by Gasteiger charge is -2.34. The van der Waals surface area contributed by atoms with E-state index in [0.717, 1.165) is 24.8 Å². The summed E-state index contributed by atoms with van der Waals surface area (Å²) in [7, 11) is 1.59. The number of nitrogens with one attached hydrogen (secondary N) is 1. The molecule has 4 nitrogen and oxygen atoms in total. The molecule has 22 heavy (non-hydrogen) atoms. The number of para-hydroxylation sites is 1. The number of carbonyl (C=O) groups excluding carboxylic acids is 1. The van der Waals surface area contributed by atoms with Crippen LogP contribution in [0, 0.1) is 11.8 Å². The van der Waals surface area contributed by atoms with E-state index < -0.39 is 0 Å². The lowest BCUT2D eigenvalue weighted by Crippen LogP contribution is -2.40. The highest BCUT2D eigenvalue weighted by Crippen LogP contribution is 2.21. The number of amides is 1. The van der Waals surface area contributed by atoms with E-state index in [1.165, 1.54) is 19.5 Å². The Morgan fingerprint density at radius 2 is 1.95 bits per heavy atom. The third kappa shape index (κ3) is 4.73. The molecule has 0 aromatic heterocycles. The fourth-order valence-electron chi connectivity index (χ4n) is 3.41. The van der Waals surface area contributed by atoms with Crippen LogP contribution in [-0.2, 0) is 0 Å². The van der Waals surface area contributed by atoms with Crippen LogP contribution in [0.15, 0.2) is 24.3 Å². The smallest absolute Gasteiger partial charge is 0.255 e. The van der Waals surface area contributed by atoms with Gasteiger partial charge in [-0.2, -0.15) is 0 Å². The van der Waals surface area contributed by atoms with Crippen LogP contribution in [0.1, 0.15) is 37.0 Å². The van der Waals surface area contributed by atoms with E-state index in [1.807, 2.05) is 18.2 Å². The first kappa shape index (κ1) is 16.8. The first-order valence-corrected chi connectivity index (χ1v) is 8.23. The summed E-state index contributed by atoms with van der Waals surface area (Å²) in [6, 6.07) is 7.33. The fourth-order valence-corrected chi connectivity index (χ4v) is 3.41. The zero-order valence-electron chi connectivity index (χ0n) is 14.0. The molecule has 1 amide bonds. The largest absolute Gasteiger partial charge is 0.496 e. The van der Waals surface area contributed by atoms with E-state index >= 15 is 0 Å². The van der Waals surface area contributed by atoms with Gasteiger partial charge in [0, 0.05) is 19.6 Å². The number of hydrogen-bond donors (Lipinski definition) is 1. The third-order valence-electron chi connectivity index (χ3n) is 4.23. The van der Waals surface area contributed by atoms with E-state index in [1.54, 1.807) is 13.2 Å². The predicted molar refractivity (Wildman–Crippen MR) is 89.3 cm³/mol. The molecule has 2 atom stereocenters. The molecule has 1 aliphatic heterocycles. The number of likely N-dealkylation sites (tertiary alicyclic amines) is 1. The van der Waals surface area contributed by atoms with Crippen LogP contribution in [0.4, 0.5) is 0 Å². The summed E-state index contributed by atoms with van der Waals surface area (Å²) in [5, 5.41) is 2.99. The summed E-state index contributed by atoms with van der Waals surface area (Å²) in [5.74, 6) is 2.13. The summed E-state index contributed by atoms with van der Waals surface area (Å²) in [5.41, 5.74) is 0.602. The van der Waals surface area contributed by atoms with Crippen LogP contribution >= 0.6 is 0 Å². The topological polar surface area (TPSA) is 41.6 Å². The average Bonchev–Trinajstić information content (AvgIpc) is 2.50. The summed E-state index contributed by atoms with van der Waals surface area (Å²) >= 11 is 0. The van der Waals surface area contributed by atoms with E-state index in [-0.39, 0.29) is 5.91 Å². The van der Waals surface area contributed by atoms with Crippen molar-refractivity contribution in [3.63, 3.8) is 0 Å². The van der Waals surface area contributed by atoms with Crippen molar-refractivity contribution in [2.45, 2.75) is 26.7 Å². The van der Waals surface area contributed by atoms with Crippen molar-refractivity contribution in [3.05, 3.63) is 29.8 Å². The zero-order chi connectivity index (χ0) is 15.9. The molecule has 1 aromatic carbocycles. The second kappa shape index (κ2) is 8.18. The van der Waals surface area contributed by atoms with Gasteiger partial charge < -0.3 is 15.0 Å². The maximum absolute atomic E-state index is 12.2. The predicted octanol–water partition coefficient (Wildman–Crippen LogP) is 2.79. The molecule has 4 heteroatoms. The Labute approximate surface area is 133 Å². The van der Waals surface area contributed by atoms with Gasteiger partial charge in [-0.1, -0.05) is 26.0 Å². The van der Waals surface area contributed by atoms with Crippen molar-refractivity contribution < 1.29 is 9.53 Å². The zero-order valence-corrected chi connectivity index (χ0v) is 14.0. The SMILES string of the molecule is COc1ccccc1C(=O)NCCCN1C[C@@H](C)C[C@H](C)C1. The molecule has 1 aromatic rings. The maximum Gasteiger partial charge on any atom is 0.255 e. The lowest BCUT2D eigenvalue weighted by atomic mass is 9.92. The van der Waals surface area contributed by atoms with Crippen molar-refractivity contribution in [2.24, 2.45) is 11.8 Å². The first-order valence-electron chi connectivity index (χ1n) is 8.23. The van der Waals surface area contributed by atoms with E-state index in [4.69, 9.17) is 4.74 Å². The van der Waals surface area contributed by atoms with Crippen molar-refractivity contribution >= 4 is 5.91 Å². The number of methoxy groups -OCH3 is 1. The highest BCUT2D eigenvalue weighted by Gasteiger charge is 2.21. The highest BCUT2D eigenvalue weighted by atomic mass is 16.5. The number of benzene rings is 1. The molecule has 0 aliphatic carbocycles. The fraction of sp³-hybridized carbons (Fsp3) is 0.611. The Balaban J connectivity index is 1.73. The number of ether oxygens (including phenoxy) is 1. The normalized spacial score (nSPS) is 22.3. The van der Waals surface area contributed by atoms with Gasteiger partial charge in [-0.25, -0.2) is 0 Å². The van der Waals surface area contributed by atoms with E-state index in [0.29, 0.717) is 17.9 Å². The quantitative estimate of drug-likeness (QED) is 0.822. The minimum atomic E-state index is -0.0576. The number of piperidine rings is 1. The molecule has 2 rings (SSSR count). The molecule has 1 fully saturated rings. The number of carbonyl (C=O) groups is 1. The number of nitrogens with zero attached hydrogens (tertiary/aromatic N) is 1. The van der Waals surface area contributed by atoms with Gasteiger partial charge in [0.2, 0.25) is 0 Å². The van der Waals surface area contributed by atoms with Crippen molar-refractivity contribution in [1.29, 1.82) is 0 Å². The Bertz CT molecular complexity index is 480.